The van der Waals surface area contributed by atoms with Crippen molar-refractivity contribution in [2.75, 3.05) is 46.2 Å². The molecule has 0 aromatic carbocycles. The van der Waals surface area contributed by atoms with Gasteiger partial charge in [0.25, 0.3) is 0 Å². The Balaban J connectivity index is 1.08. The van der Waals surface area contributed by atoms with Crippen molar-refractivity contribution in [3.8, 4) is 0 Å². The van der Waals surface area contributed by atoms with Crippen LogP contribution in [0.5, 0.6) is 0 Å². The molecule has 0 amide bonds. The highest BCUT2D eigenvalue weighted by Gasteiger charge is 2.59. The minimum absolute atomic E-state index is 0.967. The quantitative estimate of drug-likeness (QED) is 0.113. The fourth-order valence-electron chi connectivity index (χ4n) is 10.5. The maximum atomic E-state index is 11.4. The van der Waals surface area contributed by atoms with Gasteiger partial charge in [-0.05, 0) is 0 Å². The zero-order valence-electron chi connectivity index (χ0n) is 40.4. The lowest BCUT2D eigenvalue weighted by molar-refractivity contribution is -0.396. The van der Waals surface area contributed by atoms with Crippen LogP contribution in [0, 0.1) is 0 Å². The monoisotopic (exact) mass is 1130 g/mol. The molecule has 22 N–H and O–H groups in total. The van der Waals surface area contributed by atoms with Gasteiger partial charge in [0.05, 0.1) is 52.3 Å². The average Bonchev–Trinajstić information content (AvgIpc) is 3.45. The van der Waals surface area contributed by atoms with Crippen LogP contribution in [0.3, 0.4) is 0 Å². The van der Waals surface area contributed by atoms with E-state index in [0.717, 1.165) is 0 Å². The fraction of sp³-hybridized carbons (Fsp3) is 1.00. The van der Waals surface area contributed by atoms with Crippen LogP contribution in [0.4, 0.5) is 0 Å². The van der Waals surface area contributed by atoms with Crippen molar-refractivity contribution in [3.63, 3.8) is 0 Å². The van der Waals surface area contributed by atoms with Gasteiger partial charge in [-0.15, -0.1) is 0 Å². The number of aliphatic hydroxyl groups excluding tert-OH is 20. The van der Waals surface area contributed by atoms with Gasteiger partial charge in [0.2, 0.25) is 0 Å². The number of aliphatic hydroxyl groups is 20. The molecular formula is C42H71NO34. The van der Waals surface area contributed by atoms with Gasteiger partial charge in [0, 0.05) is 0 Å². The molecular weight excluding hydrogens is 1060 g/mol. The normalized spacial score (nSPS) is 55.4. The van der Waals surface area contributed by atoms with E-state index in [1.165, 1.54) is 0 Å². The van der Waals surface area contributed by atoms with E-state index in [4.69, 9.17) is 72.0 Å². The van der Waals surface area contributed by atoms with Crippen LogP contribution >= 0.6 is 0 Å². The van der Waals surface area contributed by atoms with E-state index in [1.54, 1.807) is 0 Å². The summed E-state index contributed by atoms with van der Waals surface area (Å²) in [6.07, 6.45) is -66.7. The molecule has 0 radical (unpaired) electrons. The molecule has 21 heterocycles. The van der Waals surface area contributed by atoms with Crippen molar-refractivity contribution in [1.82, 2.24) is 0 Å². The summed E-state index contributed by atoms with van der Waals surface area (Å²) in [5.41, 5.74) is 6.35. The number of hydrogen-bond acceptors (Lipinski definition) is 35. The highest BCUT2D eigenvalue weighted by atomic mass is 16.8. The summed E-state index contributed by atoms with van der Waals surface area (Å²) in [5, 5.41) is 219. The molecule has 0 saturated carbocycles. The summed E-state index contributed by atoms with van der Waals surface area (Å²) >= 11 is 0. The third-order valence-corrected chi connectivity index (χ3v) is 14.9. The van der Waals surface area contributed by atoms with Gasteiger partial charge in [0.1, 0.15) is 165 Å². The van der Waals surface area contributed by atoms with E-state index in [9.17, 15) is 102 Å². The third kappa shape index (κ3) is 12.1. The van der Waals surface area contributed by atoms with Crippen molar-refractivity contribution in [1.29, 1.82) is 0 Å². The number of nitrogens with two attached hydrogens (primary N) is 1. The van der Waals surface area contributed by atoms with Crippen LogP contribution < -0.4 is 5.73 Å². The first-order chi connectivity index (χ1) is 36.7. The lowest BCUT2D eigenvalue weighted by Gasteiger charge is -2.50. The molecule has 21 rings (SSSR count). The second kappa shape index (κ2) is 26.0. The van der Waals surface area contributed by atoms with Crippen LogP contribution in [-0.2, 0) is 66.3 Å². The zero-order chi connectivity index (χ0) is 56.1. The Morgan fingerprint density at radius 3 is 0.506 bits per heavy atom. The first-order valence-electron chi connectivity index (χ1n) is 24.7. The second-order valence-electron chi connectivity index (χ2n) is 19.7. The van der Waals surface area contributed by atoms with Gasteiger partial charge >= 0.3 is 0 Å². The molecule has 448 valence electrons. The molecule has 0 aliphatic carbocycles. The van der Waals surface area contributed by atoms with Crippen LogP contribution in [0.2, 0.25) is 0 Å². The van der Waals surface area contributed by atoms with E-state index in [2.05, 4.69) is 0 Å². The summed E-state index contributed by atoms with van der Waals surface area (Å²) < 4.78 is 79.9. The number of hydrogen-bond donors (Lipinski definition) is 21. The summed E-state index contributed by atoms with van der Waals surface area (Å²) in [6, 6.07) is -1.67. The molecule has 21 aliphatic heterocycles. The average molecular weight is 1130 g/mol. The van der Waals surface area contributed by atoms with Crippen LogP contribution in [0.15, 0.2) is 0 Å². The van der Waals surface area contributed by atoms with E-state index >= 15 is 0 Å². The maximum absolute atomic E-state index is 11.4. The first-order valence-corrected chi connectivity index (χ1v) is 24.7. The number of rotatable bonds is 7. The summed E-state index contributed by atoms with van der Waals surface area (Å²) in [7, 11) is 0. The summed E-state index contributed by atoms with van der Waals surface area (Å²) in [5.74, 6) is 0. The Kier molecular flexibility index (Phi) is 20.8. The highest BCUT2D eigenvalue weighted by molar-refractivity contribution is 5.02. The SMILES string of the molecule is N[C@@H]1[C@H](O)[C@H]2O[C@H]3[C@H](O)[C@@H](O)[C@@H](O[C@H]4[C@H](O)[C@@H](O)[C@@H](O[C@H]5[C@H](O)[C@@H](O)[C@@H](O[C@H]6[C@H](O)[C@@H](O)[C@@H](O[C@H]7[C@H](O)[C@@H](O)[C@@H](O[C@H]8[C@H](O)[C@@H](O)[C@@H](O[C@@H]1[C@@H](CO)O2)O[C@@H]8CO)O[C@@H]7CO)O[C@@H]6CO)O[C@@H]5CO)O[C@@H]4CO)O[C@@H]3CO. The Morgan fingerprint density at radius 1 is 0.195 bits per heavy atom. The third-order valence-electron chi connectivity index (χ3n) is 14.9. The first kappa shape index (κ1) is 61.7. The van der Waals surface area contributed by atoms with Crippen molar-refractivity contribution >= 4 is 0 Å². The minimum Gasteiger partial charge on any atom is -0.394 e. The summed E-state index contributed by atoms with van der Waals surface area (Å²) in [6.45, 7) is -7.15. The second-order valence-corrected chi connectivity index (χ2v) is 19.7. The van der Waals surface area contributed by atoms with E-state index in [-0.39, 0.29) is 0 Å². The van der Waals surface area contributed by atoms with Crippen molar-refractivity contribution in [2.24, 2.45) is 5.73 Å². The van der Waals surface area contributed by atoms with Crippen molar-refractivity contribution in [2.45, 2.75) is 215 Å². The maximum Gasteiger partial charge on any atom is 0.187 e. The standard InChI is InChI=1S/C42H71NO34/c43-15-16(51)36-64-8(1-44)29(15)71-37-23(58)17(52)31(10(3-46)65-37)73-39-25(60)19(54)33(12(5-48)67-39)75-41-27(62)21(56)35(14(7-50)69-41)77-42-28(63)22(57)34(13(6-49)70-42)76-40-26(61)20(55)32(11(4-47)68-40)74-38-24(59)18(53)30(72-36)9(2-45)66-38/h8-42,44-63H,1-7,43H2/t8-,9-,10-,11-,12-,13-,14-,15-,16+,17-,18-,19-,20-,21-,22-,23-,24-,25-,26-,27-,28-,29-,30-,31-,32-,33-,34-,35-,36-,37-,38-,39-,40-,41-,42-/m1/s1. The Labute approximate surface area is 434 Å². The smallest absolute Gasteiger partial charge is 0.187 e. The molecule has 77 heavy (non-hydrogen) atoms. The fourth-order valence-corrected chi connectivity index (χ4v) is 10.5. The predicted octanol–water partition coefficient (Wildman–Crippen LogP) is -15.3. The molecule has 21 fully saturated rings. The van der Waals surface area contributed by atoms with Crippen LogP contribution in [0.1, 0.15) is 0 Å². The lowest BCUT2D eigenvalue weighted by atomic mass is 9.94. The van der Waals surface area contributed by atoms with E-state index in [0.29, 0.717) is 0 Å². The van der Waals surface area contributed by atoms with E-state index in [1.807, 2.05) is 0 Å². The predicted molar refractivity (Wildman–Crippen MR) is 230 cm³/mol. The molecule has 35 nitrogen and oxygen atoms in total. The lowest BCUT2D eigenvalue weighted by Crippen LogP contribution is -2.69. The van der Waals surface area contributed by atoms with Crippen LogP contribution in [0.25, 0.3) is 0 Å². The largest absolute Gasteiger partial charge is 0.394 e. The molecule has 21 aliphatic rings. The van der Waals surface area contributed by atoms with Crippen molar-refractivity contribution < 1.29 is 168 Å². The molecule has 14 bridgehead atoms. The molecule has 0 spiro atoms. The minimum atomic E-state index is -2.20. The summed E-state index contributed by atoms with van der Waals surface area (Å²) in [4.78, 5) is 0. The zero-order valence-corrected chi connectivity index (χ0v) is 40.4. The van der Waals surface area contributed by atoms with Gasteiger partial charge in [-0.3, -0.25) is 0 Å². The molecule has 35 heteroatoms. The molecule has 35 atom stereocenters. The topological polar surface area (TPSA) is 560 Å². The Hall–Kier alpha value is -1.40. The van der Waals surface area contributed by atoms with Gasteiger partial charge in [-0.25, -0.2) is 0 Å². The molecule has 0 aromatic heterocycles. The number of ether oxygens (including phenoxy) is 14. The van der Waals surface area contributed by atoms with E-state index < -0.39 is 261 Å². The Morgan fingerprint density at radius 2 is 0.338 bits per heavy atom. The van der Waals surface area contributed by atoms with Crippen LogP contribution in [-0.4, -0.2) is 363 Å². The molecule has 0 unspecified atom stereocenters. The Bertz CT molecular complexity index is 1470. The molecule has 0 aromatic rings. The van der Waals surface area contributed by atoms with Gasteiger partial charge in [-0.2, -0.15) is 0 Å². The van der Waals surface area contributed by atoms with Gasteiger partial charge < -0.3 is 174 Å². The highest BCUT2D eigenvalue weighted by Crippen LogP contribution is 2.38. The van der Waals surface area contributed by atoms with Gasteiger partial charge in [0.15, 0.2) is 44.0 Å². The van der Waals surface area contributed by atoms with Crippen molar-refractivity contribution in [3.05, 3.63) is 0 Å². The van der Waals surface area contributed by atoms with Gasteiger partial charge in [-0.1, -0.05) is 0 Å². The molecule has 21 saturated heterocycles.